The number of aromatic nitrogens is 2. The third-order valence-electron chi connectivity index (χ3n) is 2.77. The lowest BCUT2D eigenvalue weighted by molar-refractivity contribution is 0.0773. The molecule has 0 radical (unpaired) electrons. The molecule has 16 heavy (non-hydrogen) atoms. The molecule has 0 aromatic carbocycles. The topological polar surface area (TPSA) is 60.2 Å². The molecule has 0 spiro atoms. The molecule has 1 aliphatic heterocycles. The molecule has 0 amide bonds. The number of nitrogens with one attached hydrogen (secondary N) is 1. The number of nitrogens with zero attached hydrogens (tertiary/aromatic N) is 2. The molecular weight excluding hydrogens is 206 g/mol. The molecule has 5 heteroatoms. The number of likely N-dealkylation sites (N-methyl/N-ethyl adjacent to an activating group) is 1. The summed E-state index contributed by atoms with van der Waals surface area (Å²) in [6.45, 7) is 5.53. The Balaban J connectivity index is 1.85. The van der Waals surface area contributed by atoms with Gasteiger partial charge in [-0.2, -0.15) is 4.98 Å². The highest BCUT2D eigenvalue weighted by molar-refractivity contribution is 4.96. The van der Waals surface area contributed by atoms with Crippen molar-refractivity contribution in [3.05, 3.63) is 11.7 Å². The average Bonchev–Trinajstić information content (AvgIpc) is 2.79. The van der Waals surface area contributed by atoms with E-state index < -0.39 is 0 Å². The number of hydrogen-bond acceptors (Lipinski definition) is 5. The first-order valence-corrected chi connectivity index (χ1v) is 6.01. The Morgan fingerprint density at radius 1 is 1.50 bits per heavy atom. The van der Waals surface area contributed by atoms with E-state index in [9.17, 15) is 0 Å². The van der Waals surface area contributed by atoms with Crippen molar-refractivity contribution in [3.63, 3.8) is 0 Å². The average molecular weight is 225 g/mol. The largest absolute Gasteiger partial charge is 0.381 e. The molecule has 1 fully saturated rings. The second-order valence-corrected chi connectivity index (χ2v) is 4.06. The molecule has 90 valence electrons. The fourth-order valence-corrected chi connectivity index (χ4v) is 1.85. The maximum absolute atomic E-state index is 5.41. The summed E-state index contributed by atoms with van der Waals surface area (Å²) < 4.78 is 10.6. The molecule has 5 nitrogen and oxygen atoms in total. The first kappa shape index (κ1) is 11.5. The Hall–Kier alpha value is -0.940. The van der Waals surface area contributed by atoms with Gasteiger partial charge in [0.25, 0.3) is 0 Å². The van der Waals surface area contributed by atoms with Gasteiger partial charge in [-0.1, -0.05) is 12.1 Å². The summed E-state index contributed by atoms with van der Waals surface area (Å²) in [5.41, 5.74) is 0. The molecule has 1 aromatic heterocycles. The summed E-state index contributed by atoms with van der Waals surface area (Å²) in [5.74, 6) is 1.86. The van der Waals surface area contributed by atoms with Gasteiger partial charge in [-0.3, -0.25) is 0 Å². The van der Waals surface area contributed by atoms with Gasteiger partial charge in [0.1, 0.15) is 0 Å². The highest BCUT2D eigenvalue weighted by Crippen LogP contribution is 2.22. The molecule has 1 N–H and O–H groups in total. The van der Waals surface area contributed by atoms with Gasteiger partial charge in [-0.05, 0) is 19.4 Å². The molecule has 2 heterocycles. The van der Waals surface area contributed by atoms with Gasteiger partial charge in [0.05, 0.1) is 6.61 Å². The van der Waals surface area contributed by atoms with Crippen LogP contribution in [0.4, 0.5) is 0 Å². The van der Waals surface area contributed by atoms with E-state index in [-0.39, 0.29) is 0 Å². The maximum atomic E-state index is 5.41. The van der Waals surface area contributed by atoms with Gasteiger partial charge in [0.2, 0.25) is 5.89 Å². The first-order chi connectivity index (χ1) is 7.90. The molecule has 2 rings (SSSR count). The maximum Gasteiger partial charge on any atom is 0.227 e. The Bertz CT molecular complexity index is 308. The lowest BCUT2D eigenvalue weighted by Gasteiger charge is -2.18. The smallest absolute Gasteiger partial charge is 0.227 e. The summed E-state index contributed by atoms with van der Waals surface area (Å²) in [4.78, 5) is 4.41. The van der Waals surface area contributed by atoms with Crippen LogP contribution in [0.25, 0.3) is 0 Å². The van der Waals surface area contributed by atoms with Crippen LogP contribution >= 0.6 is 0 Å². The predicted molar refractivity (Wildman–Crippen MR) is 59.3 cm³/mol. The van der Waals surface area contributed by atoms with Crippen molar-refractivity contribution in [3.8, 4) is 0 Å². The van der Waals surface area contributed by atoms with Gasteiger partial charge >= 0.3 is 0 Å². The van der Waals surface area contributed by atoms with Crippen molar-refractivity contribution in [2.24, 2.45) is 0 Å². The zero-order valence-electron chi connectivity index (χ0n) is 9.74. The fraction of sp³-hybridized carbons (Fsp3) is 0.818. The number of ether oxygens (including phenoxy) is 1. The molecule has 0 aliphatic carbocycles. The lowest BCUT2D eigenvalue weighted by atomic mass is 10.0. The van der Waals surface area contributed by atoms with Crippen molar-refractivity contribution in [1.82, 2.24) is 15.5 Å². The van der Waals surface area contributed by atoms with Crippen LogP contribution < -0.4 is 5.32 Å². The molecule has 1 atom stereocenters. The van der Waals surface area contributed by atoms with Gasteiger partial charge in [0, 0.05) is 25.5 Å². The van der Waals surface area contributed by atoms with E-state index in [4.69, 9.17) is 9.26 Å². The third kappa shape index (κ3) is 3.02. The summed E-state index contributed by atoms with van der Waals surface area (Å²) in [6, 6.07) is 0. The highest BCUT2D eigenvalue weighted by atomic mass is 16.5. The summed E-state index contributed by atoms with van der Waals surface area (Å²) in [6.07, 6.45) is 2.99. The minimum atomic E-state index is 0.324. The monoisotopic (exact) mass is 225 g/mol. The second kappa shape index (κ2) is 5.96. The Kier molecular flexibility index (Phi) is 4.30. The lowest BCUT2D eigenvalue weighted by Crippen LogP contribution is -2.17. The van der Waals surface area contributed by atoms with Crippen LogP contribution in [0.1, 0.15) is 37.4 Å². The quantitative estimate of drug-likeness (QED) is 0.761. The van der Waals surface area contributed by atoms with Gasteiger partial charge < -0.3 is 14.6 Å². The van der Waals surface area contributed by atoms with Gasteiger partial charge in [0.15, 0.2) is 5.82 Å². The molecule has 0 bridgehead atoms. The standard InChI is InChI=1S/C11H19N3O2/c1-2-12-6-5-10-13-11(14-16-10)9-4-3-7-15-8-9/h9,12H,2-8H2,1H3. The van der Waals surface area contributed by atoms with E-state index in [2.05, 4.69) is 22.4 Å². The fourth-order valence-electron chi connectivity index (χ4n) is 1.85. The zero-order chi connectivity index (χ0) is 11.2. The highest BCUT2D eigenvalue weighted by Gasteiger charge is 2.21. The zero-order valence-corrected chi connectivity index (χ0v) is 9.74. The Morgan fingerprint density at radius 2 is 2.44 bits per heavy atom. The molecule has 1 aliphatic rings. The second-order valence-electron chi connectivity index (χ2n) is 4.06. The van der Waals surface area contributed by atoms with Crippen molar-refractivity contribution in [2.75, 3.05) is 26.3 Å². The number of hydrogen-bond donors (Lipinski definition) is 1. The summed E-state index contributed by atoms with van der Waals surface area (Å²) in [5, 5.41) is 7.26. The molecule has 1 saturated heterocycles. The Morgan fingerprint density at radius 3 is 3.19 bits per heavy atom. The summed E-state index contributed by atoms with van der Waals surface area (Å²) >= 11 is 0. The molecule has 0 saturated carbocycles. The third-order valence-corrected chi connectivity index (χ3v) is 2.77. The van der Waals surface area contributed by atoms with Gasteiger partial charge in [-0.25, -0.2) is 0 Å². The normalized spacial score (nSPS) is 21.2. The van der Waals surface area contributed by atoms with Crippen molar-refractivity contribution >= 4 is 0 Å². The van der Waals surface area contributed by atoms with Crippen LogP contribution in [0.5, 0.6) is 0 Å². The van der Waals surface area contributed by atoms with E-state index in [1.54, 1.807) is 0 Å². The van der Waals surface area contributed by atoms with E-state index in [1.807, 2.05) is 0 Å². The Labute approximate surface area is 95.6 Å². The van der Waals surface area contributed by atoms with E-state index in [0.29, 0.717) is 5.92 Å². The van der Waals surface area contributed by atoms with Crippen LogP contribution in [0.3, 0.4) is 0 Å². The minimum absolute atomic E-state index is 0.324. The van der Waals surface area contributed by atoms with Crippen molar-refractivity contribution < 1.29 is 9.26 Å². The predicted octanol–water partition coefficient (Wildman–Crippen LogP) is 1.12. The van der Waals surface area contributed by atoms with Crippen LogP contribution in [0.15, 0.2) is 4.52 Å². The summed E-state index contributed by atoms with van der Waals surface area (Å²) in [7, 11) is 0. The SMILES string of the molecule is CCNCCc1nc(C2CCCOC2)no1. The van der Waals surface area contributed by atoms with E-state index in [0.717, 1.165) is 57.3 Å². The van der Waals surface area contributed by atoms with Crippen LogP contribution in [0, 0.1) is 0 Å². The van der Waals surface area contributed by atoms with Crippen LogP contribution in [-0.4, -0.2) is 36.4 Å². The van der Waals surface area contributed by atoms with E-state index >= 15 is 0 Å². The molecule has 1 aromatic rings. The van der Waals surface area contributed by atoms with Crippen LogP contribution in [-0.2, 0) is 11.2 Å². The van der Waals surface area contributed by atoms with Gasteiger partial charge in [-0.15, -0.1) is 0 Å². The number of rotatable bonds is 5. The van der Waals surface area contributed by atoms with E-state index in [1.165, 1.54) is 0 Å². The first-order valence-electron chi connectivity index (χ1n) is 6.01. The molecule has 1 unspecified atom stereocenters. The van der Waals surface area contributed by atoms with Crippen molar-refractivity contribution in [2.45, 2.75) is 32.1 Å². The molecular formula is C11H19N3O2. The van der Waals surface area contributed by atoms with Crippen molar-refractivity contribution in [1.29, 1.82) is 0 Å². The minimum Gasteiger partial charge on any atom is -0.381 e. The van der Waals surface area contributed by atoms with Crippen LogP contribution in [0.2, 0.25) is 0 Å².